The Morgan fingerprint density at radius 3 is 1.72 bits per heavy atom. The summed E-state index contributed by atoms with van der Waals surface area (Å²) in [6, 6.07) is 23.1. The van der Waals surface area contributed by atoms with Crippen LogP contribution in [-0.2, 0) is 23.9 Å². The van der Waals surface area contributed by atoms with Crippen LogP contribution in [0, 0.1) is 18.8 Å². The van der Waals surface area contributed by atoms with Crippen LogP contribution in [0.1, 0.15) is 39.7 Å². The first-order valence-corrected chi connectivity index (χ1v) is 12.0. The number of ether oxygens (including phenoxy) is 1. The second-order valence-corrected chi connectivity index (χ2v) is 9.60. The Morgan fingerprint density at radius 1 is 0.778 bits per heavy atom. The van der Waals surface area contributed by atoms with Gasteiger partial charge in [-0.05, 0) is 41.3 Å². The predicted octanol–water partition coefficient (Wildman–Crippen LogP) is 3.37. The first-order valence-electron chi connectivity index (χ1n) is 12.0. The molecule has 36 heavy (non-hydrogen) atoms. The van der Waals surface area contributed by atoms with Crippen LogP contribution in [0.2, 0.25) is 0 Å². The highest BCUT2D eigenvalue weighted by Gasteiger charge is 2.61. The van der Waals surface area contributed by atoms with E-state index >= 15 is 0 Å². The van der Waals surface area contributed by atoms with E-state index in [0.29, 0.717) is 5.69 Å². The first kappa shape index (κ1) is 22.2. The molecule has 1 N–H and O–H groups in total. The lowest BCUT2D eigenvalue weighted by Crippen LogP contribution is -2.41. The summed E-state index contributed by atoms with van der Waals surface area (Å²) in [5.41, 5.74) is 5.92. The number of rotatable bonds is 5. The molecule has 7 nitrogen and oxygen atoms in total. The van der Waals surface area contributed by atoms with Crippen molar-refractivity contribution >= 4 is 29.4 Å². The maximum absolute atomic E-state index is 13.5. The van der Waals surface area contributed by atoms with E-state index in [-0.39, 0.29) is 23.7 Å². The summed E-state index contributed by atoms with van der Waals surface area (Å²) in [4.78, 5) is 52.8. The summed E-state index contributed by atoms with van der Waals surface area (Å²) in [5, 5.41) is 2.65. The van der Waals surface area contributed by atoms with Gasteiger partial charge in [-0.2, -0.15) is 0 Å². The third kappa shape index (κ3) is 3.42. The Kier molecular flexibility index (Phi) is 5.21. The molecule has 3 aliphatic carbocycles. The van der Waals surface area contributed by atoms with E-state index in [0.717, 1.165) is 32.7 Å². The van der Waals surface area contributed by atoms with Crippen LogP contribution < -0.4 is 5.32 Å². The van der Waals surface area contributed by atoms with Crippen molar-refractivity contribution in [3.63, 3.8) is 0 Å². The summed E-state index contributed by atoms with van der Waals surface area (Å²) in [7, 11) is 0. The van der Waals surface area contributed by atoms with Crippen molar-refractivity contribution in [3.8, 4) is 0 Å². The minimum Gasteiger partial charge on any atom is -0.454 e. The van der Waals surface area contributed by atoms with Gasteiger partial charge in [-0.3, -0.25) is 24.1 Å². The molecule has 1 fully saturated rings. The largest absolute Gasteiger partial charge is 0.454 e. The van der Waals surface area contributed by atoms with Gasteiger partial charge in [0.1, 0.15) is 6.54 Å². The molecule has 180 valence electrons. The molecule has 1 aliphatic heterocycles. The fraction of sp³-hybridized carbons (Fsp3) is 0.241. The lowest BCUT2D eigenvalue weighted by atomic mass is 9.55. The standard InChI is InChI=1S/C29H24N2O5/c1-16-10-12-17(13-11-16)30-22(32)15-36-23(33)14-31-28(34)26-24-18-6-2-3-7-19(18)25(27(26)29(31)35)21-9-5-4-8-20(21)24/h2-13,24-27H,14-15H2,1H3,(H,30,32)/t24?,25?,26-,27-/m1/s1. The molecule has 1 heterocycles. The molecular formula is C29H24N2O5. The summed E-state index contributed by atoms with van der Waals surface area (Å²) >= 11 is 0. The molecule has 7 heteroatoms. The van der Waals surface area contributed by atoms with Gasteiger partial charge in [-0.15, -0.1) is 0 Å². The molecule has 2 bridgehead atoms. The van der Waals surface area contributed by atoms with Crippen molar-refractivity contribution in [2.45, 2.75) is 18.8 Å². The van der Waals surface area contributed by atoms with Crippen LogP contribution in [0.5, 0.6) is 0 Å². The number of hydrogen-bond acceptors (Lipinski definition) is 5. The van der Waals surface area contributed by atoms with Crippen LogP contribution in [-0.4, -0.2) is 41.7 Å². The molecule has 0 aromatic heterocycles. The Bertz CT molecular complexity index is 1300. The number of nitrogens with one attached hydrogen (secondary N) is 1. The molecule has 4 aliphatic rings. The number of esters is 1. The number of anilines is 1. The minimum atomic E-state index is -0.795. The zero-order valence-electron chi connectivity index (χ0n) is 19.6. The van der Waals surface area contributed by atoms with Gasteiger partial charge in [0.2, 0.25) is 11.8 Å². The van der Waals surface area contributed by atoms with Gasteiger partial charge in [-0.1, -0.05) is 66.2 Å². The van der Waals surface area contributed by atoms with Crippen LogP contribution in [0.3, 0.4) is 0 Å². The van der Waals surface area contributed by atoms with Crippen molar-refractivity contribution in [2.75, 3.05) is 18.5 Å². The van der Waals surface area contributed by atoms with Crippen LogP contribution in [0.15, 0.2) is 72.8 Å². The smallest absolute Gasteiger partial charge is 0.326 e. The zero-order chi connectivity index (χ0) is 25.0. The van der Waals surface area contributed by atoms with Crippen molar-refractivity contribution in [3.05, 3.63) is 101 Å². The van der Waals surface area contributed by atoms with Gasteiger partial charge in [0.15, 0.2) is 6.61 Å². The van der Waals surface area contributed by atoms with Crippen LogP contribution in [0.4, 0.5) is 5.69 Å². The Morgan fingerprint density at radius 2 is 1.25 bits per heavy atom. The van der Waals surface area contributed by atoms with E-state index in [4.69, 9.17) is 4.74 Å². The number of nitrogens with zero attached hydrogens (tertiary/aromatic N) is 1. The molecule has 0 radical (unpaired) electrons. The SMILES string of the molecule is Cc1ccc(NC(=O)COC(=O)CN2C(=O)[C@@H]3C4c5ccccc5C(c5ccccc54)[C@H]3C2=O)cc1. The minimum absolute atomic E-state index is 0.231. The Hall–Kier alpha value is -4.26. The lowest BCUT2D eigenvalue weighted by Gasteiger charge is -2.45. The van der Waals surface area contributed by atoms with Crippen molar-refractivity contribution < 1.29 is 23.9 Å². The number of benzene rings is 3. The number of hydrogen-bond donors (Lipinski definition) is 1. The third-order valence-corrected chi connectivity index (χ3v) is 7.53. The number of carbonyl (C=O) groups is 4. The summed E-state index contributed by atoms with van der Waals surface area (Å²) < 4.78 is 5.11. The Balaban J connectivity index is 1.18. The van der Waals surface area contributed by atoms with Crippen LogP contribution >= 0.6 is 0 Å². The number of aryl methyl sites for hydroxylation is 1. The molecule has 0 saturated carbocycles. The molecule has 3 amide bonds. The van der Waals surface area contributed by atoms with E-state index in [2.05, 4.69) is 5.32 Å². The summed E-state index contributed by atoms with van der Waals surface area (Å²) in [6.07, 6.45) is 0. The average molecular weight is 481 g/mol. The van der Waals surface area contributed by atoms with E-state index in [1.54, 1.807) is 12.1 Å². The number of imide groups is 1. The summed E-state index contributed by atoms with van der Waals surface area (Å²) in [6.45, 7) is 0.930. The van der Waals surface area contributed by atoms with E-state index in [1.807, 2.05) is 67.6 Å². The normalized spacial score (nSPS) is 23.1. The highest BCUT2D eigenvalue weighted by atomic mass is 16.5. The van der Waals surface area contributed by atoms with Gasteiger partial charge in [-0.25, -0.2) is 0 Å². The molecule has 0 spiro atoms. The van der Waals surface area contributed by atoms with Gasteiger partial charge in [0.25, 0.3) is 5.91 Å². The van der Waals surface area contributed by atoms with Crippen molar-refractivity contribution in [2.24, 2.45) is 11.8 Å². The molecule has 0 unspecified atom stereocenters. The number of carbonyl (C=O) groups excluding carboxylic acids is 4. The monoisotopic (exact) mass is 480 g/mol. The van der Waals surface area contributed by atoms with Gasteiger partial charge < -0.3 is 10.1 Å². The van der Waals surface area contributed by atoms with E-state index in [1.165, 1.54) is 0 Å². The maximum Gasteiger partial charge on any atom is 0.326 e. The van der Waals surface area contributed by atoms with Gasteiger partial charge in [0.05, 0.1) is 11.8 Å². The van der Waals surface area contributed by atoms with E-state index < -0.39 is 36.9 Å². The van der Waals surface area contributed by atoms with Gasteiger partial charge in [0, 0.05) is 17.5 Å². The zero-order valence-corrected chi connectivity index (χ0v) is 19.6. The summed E-state index contributed by atoms with van der Waals surface area (Å²) in [5.74, 6) is -3.57. The second kappa shape index (κ2) is 8.45. The molecular weight excluding hydrogens is 456 g/mol. The number of amides is 3. The van der Waals surface area contributed by atoms with Gasteiger partial charge >= 0.3 is 5.97 Å². The lowest BCUT2D eigenvalue weighted by molar-refractivity contribution is -0.154. The molecule has 7 rings (SSSR count). The maximum atomic E-state index is 13.5. The molecule has 1 saturated heterocycles. The average Bonchev–Trinajstić information content (AvgIpc) is 3.14. The topological polar surface area (TPSA) is 92.8 Å². The molecule has 3 aromatic rings. The second-order valence-electron chi connectivity index (χ2n) is 9.60. The van der Waals surface area contributed by atoms with Crippen molar-refractivity contribution in [1.29, 1.82) is 0 Å². The predicted molar refractivity (Wildman–Crippen MR) is 131 cm³/mol. The molecule has 2 atom stereocenters. The highest BCUT2D eigenvalue weighted by molar-refractivity contribution is 6.09. The first-order chi connectivity index (χ1) is 17.4. The fourth-order valence-corrected chi connectivity index (χ4v) is 6.05. The highest BCUT2D eigenvalue weighted by Crippen LogP contribution is 2.60. The number of likely N-dealkylation sites (tertiary alicyclic amines) is 1. The van der Waals surface area contributed by atoms with Crippen LogP contribution in [0.25, 0.3) is 0 Å². The molecule has 3 aromatic carbocycles. The van der Waals surface area contributed by atoms with E-state index in [9.17, 15) is 19.2 Å². The Labute approximate surface area is 208 Å². The third-order valence-electron chi connectivity index (χ3n) is 7.53. The van der Waals surface area contributed by atoms with Crippen molar-refractivity contribution in [1.82, 2.24) is 4.90 Å². The fourth-order valence-electron chi connectivity index (χ4n) is 6.05. The quantitative estimate of drug-likeness (QED) is 0.447.